The molecule has 0 bridgehead atoms. The van der Waals surface area contributed by atoms with Crippen LogP contribution < -0.4 is 5.32 Å². The lowest BCUT2D eigenvalue weighted by Gasteiger charge is -2.11. The van der Waals surface area contributed by atoms with Crippen molar-refractivity contribution in [3.63, 3.8) is 0 Å². The van der Waals surface area contributed by atoms with E-state index in [0.717, 1.165) is 18.4 Å². The molecule has 0 radical (unpaired) electrons. The van der Waals surface area contributed by atoms with Crippen molar-refractivity contribution in [3.8, 4) is 0 Å². The Bertz CT molecular complexity index is 463. The van der Waals surface area contributed by atoms with Crippen molar-refractivity contribution in [1.29, 1.82) is 0 Å². The number of amides is 1. The van der Waals surface area contributed by atoms with E-state index in [2.05, 4.69) is 5.32 Å². The van der Waals surface area contributed by atoms with Crippen LogP contribution in [0.15, 0.2) is 30.4 Å². The van der Waals surface area contributed by atoms with Crippen LogP contribution in [0, 0.1) is 11.7 Å². The maximum absolute atomic E-state index is 13.2. The summed E-state index contributed by atoms with van der Waals surface area (Å²) in [6.07, 6.45) is 5.59. The molecular weight excluding hydrogens is 233 g/mol. The third-order valence-electron chi connectivity index (χ3n) is 3.13. The zero-order chi connectivity index (χ0) is 13.0. The first-order valence-corrected chi connectivity index (χ1v) is 6.01. The van der Waals surface area contributed by atoms with Crippen LogP contribution in [-0.2, 0) is 17.9 Å². The second-order valence-electron chi connectivity index (χ2n) is 4.44. The molecule has 1 amide bonds. The average molecular weight is 249 g/mol. The molecule has 1 aliphatic rings. The van der Waals surface area contributed by atoms with Gasteiger partial charge in [-0.2, -0.15) is 0 Å². The van der Waals surface area contributed by atoms with E-state index in [0.29, 0.717) is 6.54 Å². The number of nitrogens with one attached hydrogen (secondary N) is 1. The summed E-state index contributed by atoms with van der Waals surface area (Å²) in [5.41, 5.74) is 1.05. The molecule has 0 atom stereocenters. The van der Waals surface area contributed by atoms with E-state index in [9.17, 15) is 9.18 Å². The summed E-state index contributed by atoms with van der Waals surface area (Å²) < 4.78 is 13.2. The monoisotopic (exact) mass is 249 g/mol. The number of benzene rings is 1. The standard InChI is InChI=1S/C14H16FNO2/c15-13-6-5-10(7-12(13)9-17)8-16-14(18)11-3-1-2-4-11/h1-2,5-7,11,17H,3-4,8-9H2,(H,16,18). The van der Waals surface area contributed by atoms with Crippen molar-refractivity contribution in [2.45, 2.75) is 26.0 Å². The highest BCUT2D eigenvalue weighted by Crippen LogP contribution is 2.18. The first-order valence-electron chi connectivity index (χ1n) is 6.01. The second-order valence-corrected chi connectivity index (χ2v) is 4.44. The molecule has 0 aromatic heterocycles. The Kier molecular flexibility index (Phi) is 4.10. The highest BCUT2D eigenvalue weighted by Gasteiger charge is 2.18. The van der Waals surface area contributed by atoms with Crippen molar-refractivity contribution < 1.29 is 14.3 Å². The van der Waals surface area contributed by atoms with Gasteiger partial charge in [-0.05, 0) is 30.5 Å². The summed E-state index contributed by atoms with van der Waals surface area (Å²) in [4.78, 5) is 11.8. The summed E-state index contributed by atoms with van der Waals surface area (Å²) >= 11 is 0. The SMILES string of the molecule is O=C(NCc1ccc(F)c(CO)c1)C1CC=CC1. The molecule has 4 heteroatoms. The first kappa shape index (κ1) is 12.8. The fraction of sp³-hybridized carbons (Fsp3) is 0.357. The largest absolute Gasteiger partial charge is 0.392 e. The lowest BCUT2D eigenvalue weighted by atomic mass is 10.1. The van der Waals surface area contributed by atoms with Gasteiger partial charge in [-0.25, -0.2) is 4.39 Å². The lowest BCUT2D eigenvalue weighted by molar-refractivity contribution is -0.124. The average Bonchev–Trinajstić information content (AvgIpc) is 2.91. The summed E-state index contributed by atoms with van der Waals surface area (Å²) in [7, 11) is 0. The number of carbonyl (C=O) groups is 1. The fourth-order valence-electron chi connectivity index (χ4n) is 2.02. The van der Waals surface area contributed by atoms with Crippen molar-refractivity contribution in [1.82, 2.24) is 5.32 Å². The van der Waals surface area contributed by atoms with Crippen LogP contribution in [0.25, 0.3) is 0 Å². The Morgan fingerprint density at radius 3 is 2.78 bits per heavy atom. The molecule has 1 aromatic rings. The van der Waals surface area contributed by atoms with Crippen LogP contribution in [0.3, 0.4) is 0 Å². The van der Waals surface area contributed by atoms with Crippen molar-refractivity contribution in [2.24, 2.45) is 5.92 Å². The van der Waals surface area contributed by atoms with Gasteiger partial charge in [0.1, 0.15) is 5.82 Å². The zero-order valence-corrected chi connectivity index (χ0v) is 10.0. The molecule has 96 valence electrons. The van der Waals surface area contributed by atoms with E-state index in [1.54, 1.807) is 12.1 Å². The molecule has 0 fully saturated rings. The normalized spacial score (nSPS) is 15.0. The number of aliphatic hydroxyl groups excluding tert-OH is 1. The summed E-state index contributed by atoms with van der Waals surface area (Å²) in [6, 6.07) is 4.49. The predicted octanol–water partition coefficient (Wildman–Crippen LogP) is 1.90. The van der Waals surface area contributed by atoms with Crippen molar-refractivity contribution in [2.75, 3.05) is 0 Å². The van der Waals surface area contributed by atoms with Gasteiger partial charge < -0.3 is 10.4 Å². The van der Waals surface area contributed by atoms with Crippen LogP contribution in [0.1, 0.15) is 24.0 Å². The second kappa shape index (κ2) is 5.78. The Balaban J connectivity index is 1.91. The zero-order valence-electron chi connectivity index (χ0n) is 10.0. The van der Waals surface area contributed by atoms with Gasteiger partial charge in [-0.15, -0.1) is 0 Å². The molecule has 1 aromatic carbocycles. The molecule has 0 unspecified atom stereocenters. The van der Waals surface area contributed by atoms with Gasteiger partial charge >= 0.3 is 0 Å². The van der Waals surface area contributed by atoms with E-state index >= 15 is 0 Å². The molecule has 2 rings (SSSR count). The number of halogens is 1. The molecular formula is C14H16FNO2. The highest BCUT2D eigenvalue weighted by molar-refractivity contribution is 5.79. The smallest absolute Gasteiger partial charge is 0.224 e. The van der Waals surface area contributed by atoms with E-state index in [1.165, 1.54) is 6.07 Å². The quantitative estimate of drug-likeness (QED) is 0.801. The van der Waals surface area contributed by atoms with Crippen LogP contribution in [-0.4, -0.2) is 11.0 Å². The highest BCUT2D eigenvalue weighted by atomic mass is 19.1. The van der Waals surface area contributed by atoms with Gasteiger partial charge in [0.2, 0.25) is 5.91 Å². The van der Waals surface area contributed by atoms with E-state index in [1.807, 2.05) is 12.2 Å². The van der Waals surface area contributed by atoms with Gasteiger partial charge in [0.05, 0.1) is 6.61 Å². The summed E-state index contributed by atoms with van der Waals surface area (Å²) in [5, 5.41) is 11.8. The minimum absolute atomic E-state index is 0.0230. The summed E-state index contributed by atoms with van der Waals surface area (Å²) in [5.74, 6) is -0.370. The van der Waals surface area contributed by atoms with E-state index in [4.69, 9.17) is 5.11 Å². The molecule has 18 heavy (non-hydrogen) atoms. The van der Waals surface area contributed by atoms with Crippen LogP contribution in [0.5, 0.6) is 0 Å². The molecule has 0 aliphatic heterocycles. The maximum atomic E-state index is 13.2. The minimum Gasteiger partial charge on any atom is -0.392 e. The van der Waals surface area contributed by atoms with Gasteiger partial charge in [0.15, 0.2) is 0 Å². The molecule has 0 saturated carbocycles. The number of hydrogen-bond donors (Lipinski definition) is 2. The molecule has 3 nitrogen and oxygen atoms in total. The number of rotatable bonds is 4. The maximum Gasteiger partial charge on any atom is 0.224 e. The lowest BCUT2D eigenvalue weighted by Crippen LogP contribution is -2.28. The number of aliphatic hydroxyl groups is 1. The summed E-state index contributed by atoms with van der Waals surface area (Å²) in [6.45, 7) is 0.0305. The Morgan fingerprint density at radius 2 is 2.11 bits per heavy atom. The van der Waals surface area contributed by atoms with Crippen LogP contribution >= 0.6 is 0 Å². The molecule has 2 N–H and O–H groups in total. The molecule has 0 spiro atoms. The molecule has 0 saturated heterocycles. The fourth-order valence-corrected chi connectivity index (χ4v) is 2.02. The van der Waals surface area contributed by atoms with Gasteiger partial charge in [0.25, 0.3) is 0 Å². The topological polar surface area (TPSA) is 49.3 Å². The van der Waals surface area contributed by atoms with E-state index < -0.39 is 5.82 Å². The van der Waals surface area contributed by atoms with Crippen molar-refractivity contribution in [3.05, 3.63) is 47.3 Å². The van der Waals surface area contributed by atoms with Crippen molar-refractivity contribution >= 4 is 5.91 Å². The Hall–Kier alpha value is -1.68. The molecule has 1 aliphatic carbocycles. The number of hydrogen-bond acceptors (Lipinski definition) is 2. The third-order valence-corrected chi connectivity index (χ3v) is 3.13. The van der Waals surface area contributed by atoms with Crippen LogP contribution in [0.4, 0.5) is 4.39 Å². The predicted molar refractivity (Wildman–Crippen MR) is 66.0 cm³/mol. The van der Waals surface area contributed by atoms with E-state index in [-0.39, 0.29) is 24.0 Å². The van der Waals surface area contributed by atoms with Gasteiger partial charge in [-0.3, -0.25) is 4.79 Å². The van der Waals surface area contributed by atoms with Crippen LogP contribution in [0.2, 0.25) is 0 Å². The third kappa shape index (κ3) is 2.96. The van der Waals surface area contributed by atoms with Gasteiger partial charge in [0, 0.05) is 18.0 Å². The number of allylic oxidation sites excluding steroid dienone is 2. The molecule has 0 heterocycles. The minimum atomic E-state index is -0.424. The number of carbonyl (C=O) groups excluding carboxylic acids is 1. The first-order chi connectivity index (χ1) is 8.70. The Morgan fingerprint density at radius 1 is 1.39 bits per heavy atom. The van der Waals surface area contributed by atoms with Gasteiger partial charge in [-0.1, -0.05) is 18.2 Å². The Labute approximate surface area is 105 Å².